The van der Waals surface area contributed by atoms with Crippen molar-refractivity contribution in [2.75, 3.05) is 32.0 Å². The summed E-state index contributed by atoms with van der Waals surface area (Å²) in [5, 5.41) is 0. The highest BCUT2D eigenvalue weighted by Crippen LogP contribution is 2.20. The molecular formula is C16H26N2O. The van der Waals surface area contributed by atoms with Gasteiger partial charge in [0.25, 0.3) is 0 Å². The second-order valence-corrected chi connectivity index (χ2v) is 5.35. The highest BCUT2D eigenvalue weighted by Gasteiger charge is 2.08. The van der Waals surface area contributed by atoms with E-state index in [-0.39, 0.29) is 0 Å². The Labute approximate surface area is 116 Å². The van der Waals surface area contributed by atoms with Gasteiger partial charge in [-0.05, 0) is 63.9 Å². The molecule has 2 rings (SSSR count). The number of hydrogen-bond acceptors (Lipinski definition) is 3. The maximum absolute atomic E-state index is 5.83. The fourth-order valence-electron chi connectivity index (χ4n) is 2.59. The molecule has 0 unspecified atom stereocenters. The van der Waals surface area contributed by atoms with Gasteiger partial charge in [-0.2, -0.15) is 0 Å². The van der Waals surface area contributed by atoms with Gasteiger partial charge in [0.15, 0.2) is 0 Å². The topological polar surface area (TPSA) is 38.5 Å². The minimum Gasteiger partial charge on any atom is -0.491 e. The van der Waals surface area contributed by atoms with Crippen LogP contribution in [-0.4, -0.2) is 31.1 Å². The summed E-state index contributed by atoms with van der Waals surface area (Å²) in [5.41, 5.74) is 6.56. The van der Waals surface area contributed by atoms with E-state index in [0.29, 0.717) is 0 Å². The van der Waals surface area contributed by atoms with Gasteiger partial charge in [0.05, 0.1) is 12.3 Å². The van der Waals surface area contributed by atoms with E-state index in [1.54, 1.807) is 0 Å². The largest absolute Gasteiger partial charge is 0.491 e. The predicted octanol–water partition coefficient (Wildman–Crippen LogP) is 3.30. The summed E-state index contributed by atoms with van der Waals surface area (Å²) in [4.78, 5) is 2.60. The number of ether oxygens (including phenoxy) is 1. The number of anilines is 1. The van der Waals surface area contributed by atoms with Crippen LogP contribution in [0, 0.1) is 0 Å². The second kappa shape index (κ2) is 8.05. The van der Waals surface area contributed by atoms with Crippen molar-refractivity contribution in [2.24, 2.45) is 0 Å². The Morgan fingerprint density at radius 2 is 1.79 bits per heavy atom. The van der Waals surface area contributed by atoms with E-state index in [9.17, 15) is 0 Å². The number of piperidine rings is 1. The third kappa shape index (κ3) is 5.11. The Morgan fingerprint density at radius 1 is 1.00 bits per heavy atom. The van der Waals surface area contributed by atoms with Gasteiger partial charge in [-0.25, -0.2) is 0 Å². The number of likely N-dealkylation sites (tertiary alicyclic amines) is 1. The van der Waals surface area contributed by atoms with Crippen LogP contribution >= 0.6 is 0 Å². The lowest BCUT2D eigenvalue weighted by Crippen LogP contribution is -2.30. The van der Waals surface area contributed by atoms with Crippen molar-refractivity contribution in [3.05, 3.63) is 24.3 Å². The van der Waals surface area contributed by atoms with Gasteiger partial charge < -0.3 is 15.4 Å². The van der Waals surface area contributed by atoms with E-state index >= 15 is 0 Å². The van der Waals surface area contributed by atoms with E-state index in [4.69, 9.17) is 10.5 Å². The van der Waals surface area contributed by atoms with Crippen molar-refractivity contribution in [1.82, 2.24) is 4.90 Å². The first-order valence-electron chi connectivity index (χ1n) is 7.56. The second-order valence-electron chi connectivity index (χ2n) is 5.35. The van der Waals surface area contributed by atoms with Crippen LogP contribution in [0.2, 0.25) is 0 Å². The first-order chi connectivity index (χ1) is 9.36. The molecule has 0 atom stereocenters. The summed E-state index contributed by atoms with van der Waals surface area (Å²) in [5.74, 6) is 0.818. The van der Waals surface area contributed by atoms with Crippen molar-refractivity contribution in [1.29, 1.82) is 0 Å². The summed E-state index contributed by atoms with van der Waals surface area (Å²) in [6, 6.07) is 7.71. The zero-order valence-corrected chi connectivity index (χ0v) is 11.8. The van der Waals surface area contributed by atoms with Crippen LogP contribution in [0.1, 0.15) is 38.5 Å². The number of nitrogens with two attached hydrogens (primary N) is 1. The van der Waals surface area contributed by atoms with E-state index in [1.165, 1.54) is 51.7 Å². The number of rotatable bonds is 7. The predicted molar refractivity (Wildman–Crippen MR) is 80.5 cm³/mol. The van der Waals surface area contributed by atoms with Crippen LogP contribution in [0.25, 0.3) is 0 Å². The minimum atomic E-state index is 0.732. The smallest absolute Gasteiger partial charge is 0.142 e. The fraction of sp³-hybridized carbons (Fsp3) is 0.625. The van der Waals surface area contributed by atoms with E-state index < -0.39 is 0 Å². The highest BCUT2D eigenvalue weighted by atomic mass is 16.5. The maximum atomic E-state index is 5.83. The molecule has 19 heavy (non-hydrogen) atoms. The number of nitrogens with zero attached hydrogens (tertiary/aromatic N) is 1. The number of unbranched alkanes of at least 4 members (excludes halogenated alkanes) is 2. The fourth-order valence-corrected chi connectivity index (χ4v) is 2.59. The molecule has 106 valence electrons. The first kappa shape index (κ1) is 14.2. The normalized spacial score (nSPS) is 16.4. The monoisotopic (exact) mass is 262 g/mol. The van der Waals surface area contributed by atoms with Crippen molar-refractivity contribution < 1.29 is 4.74 Å². The van der Waals surface area contributed by atoms with Gasteiger partial charge in [-0.15, -0.1) is 0 Å². The number of hydrogen-bond donors (Lipinski definition) is 1. The summed E-state index contributed by atoms with van der Waals surface area (Å²) in [6.07, 6.45) is 7.83. The Hall–Kier alpha value is -1.22. The summed E-state index contributed by atoms with van der Waals surface area (Å²) >= 11 is 0. The molecule has 3 heteroatoms. The van der Waals surface area contributed by atoms with Crippen molar-refractivity contribution in [3.63, 3.8) is 0 Å². The molecule has 0 spiro atoms. The molecule has 1 aliphatic heterocycles. The Kier molecular flexibility index (Phi) is 6.02. The highest BCUT2D eigenvalue weighted by molar-refractivity contribution is 5.51. The SMILES string of the molecule is Nc1ccccc1OCCCCCN1CCCCC1. The molecule has 1 fully saturated rings. The lowest BCUT2D eigenvalue weighted by molar-refractivity contribution is 0.221. The van der Waals surface area contributed by atoms with Crippen LogP contribution in [0.4, 0.5) is 5.69 Å². The molecule has 1 saturated heterocycles. The van der Waals surface area contributed by atoms with Crippen LogP contribution in [0.5, 0.6) is 5.75 Å². The van der Waals surface area contributed by atoms with E-state index in [0.717, 1.165) is 24.5 Å². The molecule has 2 N–H and O–H groups in total. The van der Waals surface area contributed by atoms with Crippen LogP contribution < -0.4 is 10.5 Å². The molecule has 0 aromatic heterocycles. The first-order valence-corrected chi connectivity index (χ1v) is 7.56. The molecule has 1 aliphatic rings. The van der Waals surface area contributed by atoms with Gasteiger partial charge in [0, 0.05) is 0 Å². The lowest BCUT2D eigenvalue weighted by Gasteiger charge is -2.26. The Bertz CT molecular complexity index is 362. The molecule has 0 amide bonds. The lowest BCUT2D eigenvalue weighted by atomic mass is 10.1. The van der Waals surface area contributed by atoms with Gasteiger partial charge in [-0.1, -0.05) is 18.6 Å². The van der Waals surface area contributed by atoms with Gasteiger partial charge in [0.1, 0.15) is 5.75 Å². The minimum absolute atomic E-state index is 0.732. The van der Waals surface area contributed by atoms with E-state index in [2.05, 4.69) is 4.90 Å². The Morgan fingerprint density at radius 3 is 2.58 bits per heavy atom. The van der Waals surface area contributed by atoms with Crippen molar-refractivity contribution >= 4 is 5.69 Å². The number of para-hydroxylation sites is 2. The molecule has 3 nitrogen and oxygen atoms in total. The molecule has 0 bridgehead atoms. The van der Waals surface area contributed by atoms with Gasteiger partial charge in [0.2, 0.25) is 0 Å². The molecule has 1 heterocycles. The maximum Gasteiger partial charge on any atom is 0.142 e. The Balaban J connectivity index is 1.51. The summed E-state index contributed by atoms with van der Waals surface area (Å²) in [7, 11) is 0. The standard InChI is InChI=1S/C16H26N2O/c17-15-9-3-4-10-16(15)19-14-8-2-7-13-18-11-5-1-6-12-18/h3-4,9-10H,1-2,5-8,11-14,17H2. The summed E-state index contributed by atoms with van der Waals surface area (Å²) < 4.78 is 5.69. The third-order valence-electron chi connectivity index (χ3n) is 3.74. The molecular weight excluding hydrogens is 236 g/mol. The molecule has 1 aromatic rings. The quantitative estimate of drug-likeness (QED) is 0.605. The van der Waals surface area contributed by atoms with Gasteiger partial charge in [-0.3, -0.25) is 0 Å². The van der Waals surface area contributed by atoms with Crippen molar-refractivity contribution in [2.45, 2.75) is 38.5 Å². The molecule has 0 aliphatic carbocycles. The molecule has 1 aromatic carbocycles. The summed E-state index contributed by atoms with van der Waals surface area (Å²) in [6.45, 7) is 4.63. The average Bonchev–Trinajstić information content (AvgIpc) is 2.45. The van der Waals surface area contributed by atoms with Crippen LogP contribution in [0.3, 0.4) is 0 Å². The average molecular weight is 262 g/mol. The van der Waals surface area contributed by atoms with Gasteiger partial charge >= 0.3 is 0 Å². The zero-order chi connectivity index (χ0) is 13.3. The molecule has 0 radical (unpaired) electrons. The van der Waals surface area contributed by atoms with Crippen LogP contribution in [0.15, 0.2) is 24.3 Å². The zero-order valence-electron chi connectivity index (χ0n) is 11.8. The molecule has 0 saturated carbocycles. The number of benzene rings is 1. The third-order valence-corrected chi connectivity index (χ3v) is 3.74. The van der Waals surface area contributed by atoms with E-state index in [1.807, 2.05) is 24.3 Å². The van der Waals surface area contributed by atoms with Crippen LogP contribution in [-0.2, 0) is 0 Å². The van der Waals surface area contributed by atoms with Crippen molar-refractivity contribution in [3.8, 4) is 5.75 Å². The number of nitrogen functional groups attached to an aromatic ring is 1.